The van der Waals surface area contributed by atoms with Gasteiger partial charge in [0.2, 0.25) is 5.89 Å². The Morgan fingerprint density at radius 1 is 0.857 bits per heavy atom. The van der Waals surface area contributed by atoms with Crippen LogP contribution in [-0.2, 0) is 6.61 Å². The van der Waals surface area contributed by atoms with Crippen LogP contribution in [0, 0.1) is 0 Å². The molecule has 1 heterocycles. The van der Waals surface area contributed by atoms with Gasteiger partial charge in [0.25, 0.3) is 5.89 Å². The number of nitrogens with zero attached hydrogens (tertiary/aromatic N) is 2. The summed E-state index contributed by atoms with van der Waals surface area (Å²) in [5, 5.41) is 8.64. The van der Waals surface area contributed by atoms with E-state index in [0.29, 0.717) is 33.7 Å². The van der Waals surface area contributed by atoms with E-state index >= 15 is 0 Å². The average molecular weight is 391 g/mol. The summed E-state index contributed by atoms with van der Waals surface area (Å²) in [7, 11) is 0. The molecule has 3 aromatic carbocycles. The number of aromatic nitrogens is 2. The molecule has 0 radical (unpaired) electrons. The minimum Gasteiger partial charge on any atom is -0.484 e. The number of ketones is 1. The lowest BCUT2D eigenvalue weighted by atomic mass is 10.0. The van der Waals surface area contributed by atoms with Crippen LogP contribution < -0.4 is 4.74 Å². The molecule has 0 spiro atoms. The summed E-state index contributed by atoms with van der Waals surface area (Å²) < 4.78 is 11.3. The van der Waals surface area contributed by atoms with Crippen LogP contribution in [0.3, 0.4) is 0 Å². The van der Waals surface area contributed by atoms with Gasteiger partial charge in [-0.3, -0.25) is 4.79 Å². The van der Waals surface area contributed by atoms with Gasteiger partial charge in [0.05, 0.1) is 0 Å². The van der Waals surface area contributed by atoms with Crippen molar-refractivity contribution < 1.29 is 13.9 Å². The van der Waals surface area contributed by atoms with Crippen LogP contribution in [0.5, 0.6) is 5.75 Å². The van der Waals surface area contributed by atoms with Crippen LogP contribution in [0.25, 0.3) is 11.5 Å². The fourth-order valence-electron chi connectivity index (χ4n) is 2.62. The minimum atomic E-state index is -0.0309. The van der Waals surface area contributed by atoms with Crippen molar-refractivity contribution in [3.05, 3.63) is 101 Å². The molecule has 0 aliphatic rings. The Hall–Kier alpha value is -3.44. The number of hydrogen-bond acceptors (Lipinski definition) is 5. The molecule has 0 N–H and O–H groups in total. The number of benzene rings is 3. The Kier molecular flexibility index (Phi) is 5.17. The molecule has 1 aromatic heterocycles. The zero-order valence-electron chi connectivity index (χ0n) is 14.7. The van der Waals surface area contributed by atoms with E-state index in [1.807, 2.05) is 30.3 Å². The predicted octanol–water partition coefficient (Wildman–Crippen LogP) is 5.20. The monoisotopic (exact) mass is 390 g/mol. The molecule has 0 fully saturated rings. The predicted molar refractivity (Wildman–Crippen MR) is 105 cm³/mol. The zero-order chi connectivity index (χ0) is 19.3. The maximum atomic E-state index is 12.4. The zero-order valence-corrected chi connectivity index (χ0v) is 15.5. The third-order valence-corrected chi connectivity index (χ3v) is 4.32. The van der Waals surface area contributed by atoms with Crippen molar-refractivity contribution in [1.29, 1.82) is 0 Å². The Bertz CT molecular complexity index is 1070. The van der Waals surface area contributed by atoms with Crippen molar-refractivity contribution in [3.63, 3.8) is 0 Å². The number of carbonyl (C=O) groups is 1. The smallest absolute Gasteiger partial charge is 0.254 e. The van der Waals surface area contributed by atoms with Gasteiger partial charge in [-0.25, -0.2) is 0 Å². The van der Waals surface area contributed by atoms with Gasteiger partial charge in [0.15, 0.2) is 12.4 Å². The number of hydrogen-bond donors (Lipinski definition) is 0. The third-order valence-electron chi connectivity index (χ3n) is 4.07. The third kappa shape index (κ3) is 4.10. The highest BCUT2D eigenvalue weighted by atomic mass is 35.5. The summed E-state index contributed by atoms with van der Waals surface area (Å²) in [6.07, 6.45) is 0. The summed E-state index contributed by atoms with van der Waals surface area (Å²) in [5.74, 6) is 1.33. The molecule has 0 unspecified atom stereocenters. The molecule has 0 atom stereocenters. The summed E-state index contributed by atoms with van der Waals surface area (Å²) in [4.78, 5) is 12.4. The number of rotatable bonds is 6. The fraction of sp³-hybridized carbons (Fsp3) is 0.0455. The van der Waals surface area contributed by atoms with Crippen LogP contribution >= 0.6 is 11.6 Å². The molecule has 4 rings (SSSR count). The van der Waals surface area contributed by atoms with E-state index < -0.39 is 0 Å². The van der Waals surface area contributed by atoms with Crippen LogP contribution in [-0.4, -0.2) is 16.0 Å². The maximum Gasteiger partial charge on any atom is 0.254 e. The van der Waals surface area contributed by atoms with Gasteiger partial charge in [-0.05, 0) is 48.5 Å². The first-order valence-corrected chi connectivity index (χ1v) is 8.98. The first-order chi connectivity index (χ1) is 13.7. The van der Waals surface area contributed by atoms with Crippen LogP contribution in [0.1, 0.15) is 21.8 Å². The first-order valence-electron chi connectivity index (χ1n) is 8.60. The van der Waals surface area contributed by atoms with Crippen molar-refractivity contribution in [1.82, 2.24) is 10.2 Å². The van der Waals surface area contributed by atoms with E-state index in [1.165, 1.54) is 0 Å². The molecule has 0 amide bonds. The van der Waals surface area contributed by atoms with Crippen molar-refractivity contribution in [2.24, 2.45) is 0 Å². The largest absolute Gasteiger partial charge is 0.484 e. The van der Waals surface area contributed by atoms with E-state index in [9.17, 15) is 4.79 Å². The van der Waals surface area contributed by atoms with Gasteiger partial charge in [0.1, 0.15) is 5.75 Å². The summed E-state index contributed by atoms with van der Waals surface area (Å²) >= 11 is 5.88. The van der Waals surface area contributed by atoms with Gasteiger partial charge < -0.3 is 9.15 Å². The summed E-state index contributed by atoms with van der Waals surface area (Å²) in [6, 6.07) is 23.2. The number of carbonyl (C=O) groups excluding carboxylic acids is 1. The summed E-state index contributed by atoms with van der Waals surface area (Å²) in [5.41, 5.74) is 2.03. The normalized spacial score (nSPS) is 10.6. The van der Waals surface area contributed by atoms with Gasteiger partial charge in [-0.2, -0.15) is 0 Å². The standard InChI is InChI=1S/C22H15ClN2O3/c23-18-10-6-17(7-11-18)22-25-24-20(28-22)14-27-19-12-8-16(9-13-19)21(26)15-4-2-1-3-5-15/h1-13H,14H2. The van der Waals surface area contributed by atoms with Crippen LogP contribution in [0.4, 0.5) is 0 Å². The summed E-state index contributed by atoms with van der Waals surface area (Å²) in [6.45, 7) is 0.132. The van der Waals surface area contributed by atoms with Crippen LogP contribution in [0.15, 0.2) is 83.3 Å². The average Bonchev–Trinajstić information content (AvgIpc) is 3.22. The highest BCUT2D eigenvalue weighted by molar-refractivity contribution is 6.30. The van der Waals surface area contributed by atoms with E-state index in [4.69, 9.17) is 20.8 Å². The number of halogens is 1. The second kappa shape index (κ2) is 8.06. The van der Waals surface area contributed by atoms with Gasteiger partial charge in [-0.1, -0.05) is 41.9 Å². The Labute approximate surface area is 166 Å². The molecule has 138 valence electrons. The first kappa shape index (κ1) is 17.9. The van der Waals surface area contributed by atoms with Crippen molar-refractivity contribution in [3.8, 4) is 17.2 Å². The van der Waals surface area contributed by atoms with Crippen LogP contribution in [0.2, 0.25) is 5.02 Å². The van der Waals surface area contributed by atoms with E-state index in [-0.39, 0.29) is 12.4 Å². The highest BCUT2D eigenvalue weighted by Gasteiger charge is 2.11. The molecule has 5 nitrogen and oxygen atoms in total. The molecule has 0 bridgehead atoms. The SMILES string of the molecule is O=C(c1ccccc1)c1ccc(OCc2nnc(-c3ccc(Cl)cc3)o2)cc1. The van der Waals surface area contributed by atoms with E-state index in [0.717, 1.165) is 5.56 Å². The number of ether oxygens (including phenoxy) is 1. The van der Waals surface area contributed by atoms with E-state index in [2.05, 4.69) is 10.2 Å². The Balaban J connectivity index is 1.39. The second-order valence-corrected chi connectivity index (χ2v) is 6.45. The molecule has 0 saturated heterocycles. The maximum absolute atomic E-state index is 12.4. The van der Waals surface area contributed by atoms with Gasteiger partial charge >= 0.3 is 0 Å². The minimum absolute atomic E-state index is 0.0309. The fourth-order valence-corrected chi connectivity index (χ4v) is 2.75. The van der Waals surface area contributed by atoms with E-state index in [1.54, 1.807) is 48.5 Å². The molecule has 0 saturated carbocycles. The molecule has 0 aliphatic heterocycles. The molecule has 4 aromatic rings. The Morgan fingerprint density at radius 3 is 2.25 bits per heavy atom. The van der Waals surface area contributed by atoms with Gasteiger partial charge in [-0.15, -0.1) is 10.2 Å². The molecular weight excluding hydrogens is 376 g/mol. The molecule has 6 heteroatoms. The lowest BCUT2D eigenvalue weighted by Gasteiger charge is -2.05. The van der Waals surface area contributed by atoms with Gasteiger partial charge in [0, 0.05) is 21.7 Å². The lowest BCUT2D eigenvalue weighted by Crippen LogP contribution is -2.01. The topological polar surface area (TPSA) is 65.2 Å². The van der Waals surface area contributed by atoms with Crippen molar-refractivity contribution in [2.45, 2.75) is 6.61 Å². The molecule has 28 heavy (non-hydrogen) atoms. The Morgan fingerprint density at radius 2 is 1.54 bits per heavy atom. The molecule has 0 aliphatic carbocycles. The van der Waals surface area contributed by atoms with Crippen molar-refractivity contribution in [2.75, 3.05) is 0 Å². The quantitative estimate of drug-likeness (QED) is 0.423. The molecular formula is C22H15ClN2O3. The van der Waals surface area contributed by atoms with Crippen molar-refractivity contribution >= 4 is 17.4 Å². The second-order valence-electron chi connectivity index (χ2n) is 6.02. The lowest BCUT2D eigenvalue weighted by molar-refractivity contribution is 0.103. The highest BCUT2D eigenvalue weighted by Crippen LogP contribution is 2.21.